The van der Waals surface area contributed by atoms with Gasteiger partial charge in [0.15, 0.2) is 11.7 Å². The van der Waals surface area contributed by atoms with Crippen LogP contribution < -0.4 is 9.80 Å². The molecule has 1 aliphatic heterocycles. The van der Waals surface area contributed by atoms with Crippen molar-refractivity contribution in [3.8, 4) is 6.07 Å². The smallest absolute Gasteiger partial charge is 0.330 e. The lowest BCUT2D eigenvalue weighted by atomic mass is 10.1. The maximum Gasteiger partial charge on any atom is 0.330 e. The molecule has 1 fully saturated rings. The summed E-state index contributed by atoms with van der Waals surface area (Å²) in [6.07, 6.45) is -0.468. The lowest BCUT2D eigenvalue weighted by Gasteiger charge is -2.37. The van der Waals surface area contributed by atoms with Crippen molar-refractivity contribution >= 4 is 28.5 Å². The SMILES string of the molecule is COC[C@@H](C)OC(=O)[C@H](C#N)c1nc2ccccc2nc1N1CCN(c2ccccc2)CC1. The van der Waals surface area contributed by atoms with Gasteiger partial charge in [-0.3, -0.25) is 4.79 Å². The number of esters is 1. The number of rotatable bonds is 7. The van der Waals surface area contributed by atoms with Crippen molar-refractivity contribution in [2.45, 2.75) is 18.9 Å². The highest BCUT2D eigenvalue weighted by Gasteiger charge is 2.32. The maximum atomic E-state index is 12.9. The number of hydrogen-bond donors (Lipinski definition) is 0. The van der Waals surface area contributed by atoms with Crippen molar-refractivity contribution < 1.29 is 14.3 Å². The number of ether oxygens (including phenoxy) is 2. The number of hydrogen-bond acceptors (Lipinski definition) is 8. The summed E-state index contributed by atoms with van der Waals surface area (Å²) in [7, 11) is 1.54. The summed E-state index contributed by atoms with van der Waals surface area (Å²) in [4.78, 5) is 26.8. The van der Waals surface area contributed by atoms with Crippen molar-refractivity contribution in [3.63, 3.8) is 0 Å². The number of nitriles is 1. The minimum Gasteiger partial charge on any atom is -0.459 e. The lowest BCUT2D eigenvalue weighted by Crippen LogP contribution is -2.47. The van der Waals surface area contributed by atoms with E-state index < -0.39 is 18.0 Å². The van der Waals surface area contributed by atoms with Crippen LogP contribution in [-0.2, 0) is 14.3 Å². The Bertz CT molecular complexity index is 1140. The summed E-state index contributed by atoms with van der Waals surface area (Å²) >= 11 is 0. The summed E-state index contributed by atoms with van der Waals surface area (Å²) in [5.74, 6) is -1.26. The Labute approximate surface area is 193 Å². The molecule has 2 atom stereocenters. The first kappa shape index (κ1) is 22.5. The number of piperazine rings is 1. The zero-order valence-corrected chi connectivity index (χ0v) is 18.8. The predicted octanol–water partition coefficient (Wildman–Crippen LogP) is 3.14. The third kappa shape index (κ3) is 5.04. The fourth-order valence-electron chi connectivity index (χ4n) is 4.01. The number of carbonyl (C=O) groups is 1. The van der Waals surface area contributed by atoms with Gasteiger partial charge in [0.05, 0.1) is 23.7 Å². The van der Waals surface area contributed by atoms with E-state index >= 15 is 0 Å². The van der Waals surface area contributed by atoms with Crippen LogP contribution in [0.25, 0.3) is 11.0 Å². The van der Waals surface area contributed by atoms with Gasteiger partial charge in [0.25, 0.3) is 0 Å². The van der Waals surface area contributed by atoms with Crippen molar-refractivity contribution in [3.05, 3.63) is 60.3 Å². The van der Waals surface area contributed by atoms with Crippen LogP contribution in [0, 0.1) is 11.3 Å². The van der Waals surface area contributed by atoms with E-state index in [1.165, 1.54) is 12.8 Å². The molecule has 3 aromatic rings. The van der Waals surface area contributed by atoms with Gasteiger partial charge in [-0.05, 0) is 31.2 Å². The molecule has 0 spiro atoms. The molecule has 0 bridgehead atoms. The van der Waals surface area contributed by atoms with Crippen molar-refractivity contribution in [2.24, 2.45) is 0 Å². The van der Waals surface area contributed by atoms with Gasteiger partial charge in [-0.1, -0.05) is 30.3 Å². The number of benzene rings is 2. The van der Waals surface area contributed by atoms with Crippen molar-refractivity contribution in [2.75, 3.05) is 49.7 Å². The Morgan fingerprint density at radius 2 is 1.61 bits per heavy atom. The van der Waals surface area contributed by atoms with Crippen LogP contribution in [0.1, 0.15) is 18.5 Å². The van der Waals surface area contributed by atoms with Crippen LogP contribution in [0.5, 0.6) is 0 Å². The van der Waals surface area contributed by atoms with Gasteiger partial charge >= 0.3 is 5.97 Å². The van der Waals surface area contributed by atoms with Crippen LogP contribution in [0.4, 0.5) is 11.5 Å². The average molecular weight is 446 g/mol. The Morgan fingerprint density at radius 1 is 1.00 bits per heavy atom. The highest BCUT2D eigenvalue weighted by molar-refractivity contribution is 5.85. The van der Waals surface area contributed by atoms with Gasteiger partial charge in [-0.2, -0.15) is 5.26 Å². The first-order valence-electron chi connectivity index (χ1n) is 11.0. The van der Waals surface area contributed by atoms with Crippen LogP contribution in [0.15, 0.2) is 54.6 Å². The minimum atomic E-state index is -1.18. The number of anilines is 2. The Kier molecular flexibility index (Phi) is 7.01. The van der Waals surface area contributed by atoms with Crippen LogP contribution >= 0.6 is 0 Å². The summed E-state index contributed by atoms with van der Waals surface area (Å²) in [6.45, 7) is 4.96. The van der Waals surface area contributed by atoms with E-state index in [1.54, 1.807) is 6.92 Å². The molecule has 0 radical (unpaired) electrons. The van der Waals surface area contributed by atoms with E-state index in [-0.39, 0.29) is 6.61 Å². The first-order chi connectivity index (χ1) is 16.1. The van der Waals surface area contributed by atoms with Crippen molar-refractivity contribution in [1.82, 2.24) is 9.97 Å². The molecular weight excluding hydrogens is 418 g/mol. The van der Waals surface area contributed by atoms with Gasteiger partial charge in [-0.15, -0.1) is 0 Å². The maximum absolute atomic E-state index is 12.9. The van der Waals surface area contributed by atoms with Gasteiger partial charge in [0, 0.05) is 39.0 Å². The fraction of sp³-hybridized carbons (Fsp3) is 0.360. The fourth-order valence-corrected chi connectivity index (χ4v) is 4.01. The number of aromatic nitrogens is 2. The van der Waals surface area contributed by atoms with E-state index in [2.05, 4.69) is 28.0 Å². The van der Waals surface area contributed by atoms with Crippen LogP contribution in [0.3, 0.4) is 0 Å². The number of carbonyl (C=O) groups excluding carboxylic acids is 1. The second-order valence-corrected chi connectivity index (χ2v) is 8.00. The monoisotopic (exact) mass is 445 g/mol. The molecule has 8 heteroatoms. The van der Waals surface area contributed by atoms with Gasteiger partial charge in [0.1, 0.15) is 11.8 Å². The zero-order valence-electron chi connectivity index (χ0n) is 18.8. The molecule has 0 aliphatic carbocycles. The third-order valence-corrected chi connectivity index (χ3v) is 5.64. The van der Waals surface area contributed by atoms with Gasteiger partial charge in [0.2, 0.25) is 0 Å². The largest absolute Gasteiger partial charge is 0.459 e. The molecule has 2 heterocycles. The van der Waals surface area contributed by atoms with E-state index in [9.17, 15) is 10.1 Å². The number of methoxy groups -OCH3 is 1. The summed E-state index contributed by atoms with van der Waals surface area (Å²) in [6, 6.07) is 19.8. The number of fused-ring (bicyclic) bond motifs is 1. The third-order valence-electron chi connectivity index (χ3n) is 5.64. The number of nitrogens with zero attached hydrogens (tertiary/aromatic N) is 5. The summed E-state index contributed by atoms with van der Waals surface area (Å²) in [5, 5.41) is 9.90. The van der Waals surface area contributed by atoms with Gasteiger partial charge < -0.3 is 19.3 Å². The molecule has 170 valence electrons. The van der Waals surface area contributed by atoms with E-state index in [0.717, 1.165) is 18.6 Å². The van der Waals surface area contributed by atoms with Crippen LogP contribution in [0.2, 0.25) is 0 Å². The topological polar surface area (TPSA) is 91.6 Å². The predicted molar refractivity (Wildman–Crippen MR) is 126 cm³/mol. The van der Waals surface area contributed by atoms with Gasteiger partial charge in [-0.25, -0.2) is 9.97 Å². The molecule has 0 amide bonds. The zero-order chi connectivity index (χ0) is 23.2. The minimum absolute atomic E-state index is 0.252. The molecule has 1 saturated heterocycles. The molecule has 1 aliphatic rings. The molecule has 2 aromatic carbocycles. The highest BCUT2D eigenvalue weighted by atomic mass is 16.6. The Hall–Kier alpha value is -3.70. The molecule has 0 saturated carbocycles. The molecule has 0 N–H and O–H groups in total. The van der Waals surface area contributed by atoms with Crippen LogP contribution in [-0.4, -0.2) is 61.9 Å². The summed E-state index contributed by atoms with van der Waals surface area (Å²) in [5.41, 5.74) is 2.86. The standard InChI is InChI=1S/C25H27N5O3/c1-18(17-32-2)33-25(31)20(16-26)23-24(28-22-11-7-6-10-21(22)27-23)30-14-12-29(13-15-30)19-8-4-3-5-9-19/h3-11,18,20H,12-15,17H2,1-2H3/t18-,20-/m1/s1. The molecular formula is C25H27N5O3. The molecule has 1 aromatic heterocycles. The van der Waals surface area contributed by atoms with E-state index in [4.69, 9.17) is 19.4 Å². The highest BCUT2D eigenvalue weighted by Crippen LogP contribution is 2.29. The summed E-state index contributed by atoms with van der Waals surface area (Å²) < 4.78 is 10.5. The number of para-hydroxylation sites is 3. The van der Waals surface area contributed by atoms with E-state index in [0.29, 0.717) is 30.1 Å². The quantitative estimate of drug-likeness (QED) is 0.512. The molecule has 0 unspecified atom stereocenters. The van der Waals surface area contributed by atoms with E-state index in [1.807, 2.05) is 42.5 Å². The molecule has 33 heavy (non-hydrogen) atoms. The molecule has 8 nitrogen and oxygen atoms in total. The Morgan fingerprint density at radius 3 is 2.24 bits per heavy atom. The Balaban J connectivity index is 1.64. The first-order valence-corrected chi connectivity index (χ1v) is 11.0. The lowest BCUT2D eigenvalue weighted by molar-refractivity contribution is -0.150. The average Bonchev–Trinajstić information content (AvgIpc) is 2.85. The molecule has 4 rings (SSSR count). The van der Waals surface area contributed by atoms with Crippen molar-refractivity contribution in [1.29, 1.82) is 5.26 Å². The second kappa shape index (κ2) is 10.3. The normalized spacial score (nSPS) is 15.7. The second-order valence-electron chi connectivity index (χ2n) is 8.00.